The maximum Gasteiger partial charge on any atom is 0.182 e. The van der Waals surface area contributed by atoms with Gasteiger partial charge in [0.25, 0.3) is 0 Å². The predicted molar refractivity (Wildman–Crippen MR) is 65.2 cm³/mol. The predicted octanol–water partition coefficient (Wildman–Crippen LogP) is 2.66. The Morgan fingerprint density at radius 2 is 2.00 bits per heavy atom. The van der Waals surface area contributed by atoms with Gasteiger partial charge in [-0.3, -0.25) is 0 Å². The summed E-state index contributed by atoms with van der Waals surface area (Å²) in [6.45, 7) is 1.80. The first-order valence-electron chi connectivity index (χ1n) is 5.44. The number of nitriles is 1. The summed E-state index contributed by atoms with van der Waals surface area (Å²) in [6, 6.07) is 8.12. The zero-order chi connectivity index (χ0) is 13.0. The van der Waals surface area contributed by atoms with Gasteiger partial charge in [-0.1, -0.05) is 18.2 Å². The van der Waals surface area contributed by atoms with Crippen molar-refractivity contribution < 1.29 is 4.39 Å². The van der Waals surface area contributed by atoms with E-state index in [1.807, 2.05) is 6.07 Å². The van der Waals surface area contributed by atoms with E-state index in [0.717, 1.165) is 0 Å². The molecule has 1 aromatic heterocycles. The van der Waals surface area contributed by atoms with Crippen LogP contribution in [0.2, 0.25) is 0 Å². The average Bonchev–Trinajstić information content (AvgIpc) is 2.39. The minimum absolute atomic E-state index is 0.195. The number of benzene rings is 1. The largest absolute Gasteiger partial charge is 0.361 e. The minimum atomic E-state index is -0.296. The summed E-state index contributed by atoms with van der Waals surface area (Å²) >= 11 is 0. The van der Waals surface area contributed by atoms with Crippen LogP contribution in [0.5, 0.6) is 0 Å². The summed E-state index contributed by atoms with van der Waals surface area (Å²) in [6.07, 6.45) is 2.93. The molecule has 0 aliphatic rings. The van der Waals surface area contributed by atoms with Crippen LogP contribution in [0, 0.1) is 17.1 Å². The Labute approximate surface area is 104 Å². The van der Waals surface area contributed by atoms with Crippen molar-refractivity contribution in [3.63, 3.8) is 0 Å². The summed E-state index contributed by atoms with van der Waals surface area (Å²) < 4.78 is 13.6. The molecule has 90 valence electrons. The van der Waals surface area contributed by atoms with Gasteiger partial charge < -0.3 is 5.32 Å². The lowest BCUT2D eigenvalue weighted by atomic mass is 10.1. The molecule has 0 aliphatic heterocycles. The summed E-state index contributed by atoms with van der Waals surface area (Å²) in [4.78, 5) is 7.91. The van der Waals surface area contributed by atoms with Gasteiger partial charge in [-0.25, -0.2) is 14.4 Å². The third kappa shape index (κ3) is 2.43. The fourth-order valence-corrected chi connectivity index (χ4v) is 1.63. The van der Waals surface area contributed by atoms with Crippen LogP contribution >= 0.6 is 0 Å². The zero-order valence-electron chi connectivity index (χ0n) is 9.76. The Bertz CT molecular complexity index is 592. The van der Waals surface area contributed by atoms with Gasteiger partial charge in [0.2, 0.25) is 0 Å². The number of nitrogens with one attached hydrogen (secondary N) is 1. The van der Waals surface area contributed by atoms with Crippen molar-refractivity contribution in [1.29, 1.82) is 5.26 Å². The van der Waals surface area contributed by atoms with Crippen LogP contribution in [0.3, 0.4) is 0 Å². The van der Waals surface area contributed by atoms with Crippen molar-refractivity contribution in [3.8, 4) is 6.07 Å². The topological polar surface area (TPSA) is 61.6 Å². The summed E-state index contributed by atoms with van der Waals surface area (Å²) in [5.74, 6) is 0.0654. The van der Waals surface area contributed by atoms with E-state index in [4.69, 9.17) is 5.26 Å². The van der Waals surface area contributed by atoms with E-state index in [2.05, 4.69) is 15.3 Å². The third-order valence-corrected chi connectivity index (χ3v) is 2.53. The third-order valence-electron chi connectivity index (χ3n) is 2.53. The summed E-state index contributed by atoms with van der Waals surface area (Å²) in [7, 11) is 0. The van der Waals surface area contributed by atoms with Gasteiger partial charge in [0.15, 0.2) is 11.5 Å². The molecule has 1 atom stereocenters. The second kappa shape index (κ2) is 5.23. The molecule has 0 amide bonds. The van der Waals surface area contributed by atoms with Crippen LogP contribution in [0.4, 0.5) is 10.2 Å². The van der Waals surface area contributed by atoms with Crippen molar-refractivity contribution in [2.24, 2.45) is 0 Å². The molecule has 0 aliphatic carbocycles. The minimum Gasteiger partial charge on any atom is -0.361 e. The van der Waals surface area contributed by atoms with E-state index in [0.29, 0.717) is 11.4 Å². The number of anilines is 1. The van der Waals surface area contributed by atoms with Crippen LogP contribution in [0.1, 0.15) is 24.2 Å². The van der Waals surface area contributed by atoms with E-state index in [9.17, 15) is 4.39 Å². The van der Waals surface area contributed by atoms with Gasteiger partial charge in [0.05, 0.1) is 6.04 Å². The highest BCUT2D eigenvalue weighted by Gasteiger charge is 2.12. The molecular formula is C13H11FN4. The van der Waals surface area contributed by atoms with Gasteiger partial charge >= 0.3 is 0 Å². The van der Waals surface area contributed by atoms with E-state index in [1.165, 1.54) is 18.5 Å². The molecule has 0 spiro atoms. The maximum absolute atomic E-state index is 13.6. The Kier molecular flexibility index (Phi) is 3.49. The Morgan fingerprint density at radius 3 is 2.72 bits per heavy atom. The maximum atomic E-state index is 13.6. The molecule has 0 bridgehead atoms. The van der Waals surface area contributed by atoms with Gasteiger partial charge in [-0.05, 0) is 13.0 Å². The molecule has 2 aromatic rings. The lowest BCUT2D eigenvalue weighted by Crippen LogP contribution is -2.11. The highest BCUT2D eigenvalue weighted by atomic mass is 19.1. The molecule has 2 rings (SSSR count). The van der Waals surface area contributed by atoms with Gasteiger partial charge in [0, 0.05) is 18.0 Å². The molecule has 18 heavy (non-hydrogen) atoms. The molecule has 1 N–H and O–H groups in total. The Morgan fingerprint density at radius 1 is 1.28 bits per heavy atom. The summed E-state index contributed by atoms with van der Waals surface area (Å²) in [5, 5.41) is 11.9. The average molecular weight is 242 g/mol. The van der Waals surface area contributed by atoms with E-state index >= 15 is 0 Å². The van der Waals surface area contributed by atoms with Gasteiger partial charge in [-0.15, -0.1) is 0 Å². The molecular weight excluding hydrogens is 231 g/mol. The molecule has 1 aromatic carbocycles. The monoisotopic (exact) mass is 242 g/mol. The number of aromatic nitrogens is 2. The molecule has 0 fully saturated rings. The number of halogens is 1. The van der Waals surface area contributed by atoms with Gasteiger partial charge in [-0.2, -0.15) is 5.26 Å². The number of hydrogen-bond acceptors (Lipinski definition) is 4. The first-order valence-corrected chi connectivity index (χ1v) is 5.44. The quantitative estimate of drug-likeness (QED) is 0.898. The van der Waals surface area contributed by atoms with Crippen LogP contribution in [0.25, 0.3) is 0 Å². The first-order chi connectivity index (χ1) is 8.72. The fraction of sp³-hybridized carbons (Fsp3) is 0.154. The lowest BCUT2D eigenvalue weighted by Gasteiger charge is -2.15. The first kappa shape index (κ1) is 12.0. The molecule has 4 nitrogen and oxygen atoms in total. The number of hydrogen-bond donors (Lipinski definition) is 1. The SMILES string of the molecule is CC(Nc1nccnc1C#N)c1ccccc1F. The zero-order valence-corrected chi connectivity index (χ0v) is 9.76. The van der Waals surface area contributed by atoms with E-state index in [1.54, 1.807) is 25.1 Å². The van der Waals surface area contributed by atoms with Crippen molar-refractivity contribution >= 4 is 5.82 Å². The van der Waals surface area contributed by atoms with Crippen LogP contribution < -0.4 is 5.32 Å². The van der Waals surface area contributed by atoms with Crippen molar-refractivity contribution in [2.45, 2.75) is 13.0 Å². The summed E-state index contributed by atoms with van der Waals surface area (Å²) in [5.41, 5.74) is 0.715. The highest BCUT2D eigenvalue weighted by molar-refractivity contribution is 5.48. The van der Waals surface area contributed by atoms with E-state index < -0.39 is 0 Å². The van der Waals surface area contributed by atoms with Crippen molar-refractivity contribution in [2.75, 3.05) is 5.32 Å². The highest BCUT2D eigenvalue weighted by Crippen LogP contribution is 2.21. The van der Waals surface area contributed by atoms with Crippen LogP contribution in [0.15, 0.2) is 36.7 Å². The lowest BCUT2D eigenvalue weighted by molar-refractivity contribution is 0.600. The molecule has 0 radical (unpaired) electrons. The Hall–Kier alpha value is -2.48. The molecule has 1 heterocycles. The van der Waals surface area contributed by atoms with Crippen LogP contribution in [-0.2, 0) is 0 Å². The van der Waals surface area contributed by atoms with E-state index in [-0.39, 0.29) is 17.6 Å². The van der Waals surface area contributed by atoms with Crippen molar-refractivity contribution in [3.05, 3.63) is 53.7 Å². The van der Waals surface area contributed by atoms with Gasteiger partial charge in [0.1, 0.15) is 11.9 Å². The fourth-order valence-electron chi connectivity index (χ4n) is 1.63. The van der Waals surface area contributed by atoms with Crippen molar-refractivity contribution in [1.82, 2.24) is 9.97 Å². The second-order valence-corrected chi connectivity index (χ2v) is 3.75. The molecule has 0 saturated heterocycles. The Balaban J connectivity index is 2.25. The standard InChI is InChI=1S/C13H11FN4/c1-9(10-4-2-3-5-11(10)14)18-13-12(8-15)16-6-7-17-13/h2-7,9H,1H3,(H,17,18). The number of rotatable bonds is 3. The van der Waals surface area contributed by atoms with Crippen LogP contribution in [-0.4, -0.2) is 9.97 Å². The number of nitrogens with zero attached hydrogens (tertiary/aromatic N) is 3. The smallest absolute Gasteiger partial charge is 0.182 e. The molecule has 5 heteroatoms. The second-order valence-electron chi connectivity index (χ2n) is 3.75. The molecule has 0 saturated carbocycles. The normalized spacial score (nSPS) is 11.6. The molecule has 1 unspecified atom stereocenters.